The van der Waals surface area contributed by atoms with Crippen molar-refractivity contribution in [3.63, 3.8) is 0 Å². The van der Waals surface area contributed by atoms with E-state index >= 15 is 0 Å². The van der Waals surface area contributed by atoms with E-state index in [9.17, 15) is 4.79 Å². The number of amides is 1. The maximum absolute atomic E-state index is 12.2. The molecule has 0 aromatic carbocycles. The molecule has 3 rings (SSSR count). The summed E-state index contributed by atoms with van der Waals surface area (Å²) in [4.78, 5) is 14.2. The van der Waals surface area contributed by atoms with Gasteiger partial charge in [0.05, 0.1) is 11.8 Å². The first-order valence-electron chi connectivity index (χ1n) is 8.40. The van der Waals surface area contributed by atoms with E-state index in [0.717, 1.165) is 25.9 Å². The zero-order valence-corrected chi connectivity index (χ0v) is 12.7. The molecule has 1 aliphatic heterocycles. The number of furan rings is 1. The van der Waals surface area contributed by atoms with Gasteiger partial charge in [-0.25, -0.2) is 0 Å². The standard InChI is InChI=1S/C17H26N2O2/c20-17(14-9-12-21-13-14)19-10-7-16(8-11-19)18-15-5-3-1-2-4-6-15/h9,12-13,15-16,18H,1-8,10-11H2. The SMILES string of the molecule is O=C(c1ccoc1)N1CCC(NC2CCCCCC2)CC1. The van der Waals surface area contributed by atoms with Gasteiger partial charge in [-0.15, -0.1) is 0 Å². The van der Waals surface area contributed by atoms with Crippen molar-refractivity contribution >= 4 is 5.91 Å². The smallest absolute Gasteiger partial charge is 0.257 e. The predicted octanol–water partition coefficient (Wildman–Crippen LogP) is 3.20. The van der Waals surface area contributed by atoms with Crippen LogP contribution in [0.4, 0.5) is 0 Å². The minimum absolute atomic E-state index is 0.108. The van der Waals surface area contributed by atoms with Crippen molar-refractivity contribution in [1.82, 2.24) is 10.2 Å². The molecule has 0 unspecified atom stereocenters. The first kappa shape index (κ1) is 14.6. The Kier molecular flexibility index (Phi) is 4.96. The number of nitrogens with zero attached hydrogens (tertiary/aromatic N) is 1. The molecule has 2 fully saturated rings. The summed E-state index contributed by atoms with van der Waals surface area (Å²) < 4.78 is 5.00. The third-order valence-electron chi connectivity index (χ3n) is 4.88. The molecule has 0 atom stereocenters. The molecule has 4 heteroatoms. The number of rotatable bonds is 3. The highest BCUT2D eigenvalue weighted by Gasteiger charge is 2.25. The van der Waals surface area contributed by atoms with E-state index in [4.69, 9.17) is 4.42 Å². The van der Waals surface area contributed by atoms with Gasteiger partial charge in [0.1, 0.15) is 6.26 Å². The maximum atomic E-state index is 12.2. The van der Waals surface area contributed by atoms with Crippen LogP contribution in [0, 0.1) is 0 Å². The average molecular weight is 290 g/mol. The average Bonchev–Trinajstić information content (AvgIpc) is 2.93. The summed E-state index contributed by atoms with van der Waals surface area (Å²) in [5.41, 5.74) is 0.671. The number of carbonyl (C=O) groups excluding carboxylic acids is 1. The second kappa shape index (κ2) is 7.12. The molecule has 0 spiro atoms. The van der Waals surface area contributed by atoms with Crippen molar-refractivity contribution in [3.8, 4) is 0 Å². The van der Waals surface area contributed by atoms with E-state index < -0.39 is 0 Å². The zero-order chi connectivity index (χ0) is 14.5. The highest BCUT2D eigenvalue weighted by Crippen LogP contribution is 2.20. The number of hydrogen-bond acceptors (Lipinski definition) is 3. The summed E-state index contributed by atoms with van der Waals surface area (Å²) in [6, 6.07) is 3.04. The second-order valence-electron chi connectivity index (χ2n) is 6.43. The molecule has 116 valence electrons. The van der Waals surface area contributed by atoms with Crippen LogP contribution in [-0.2, 0) is 0 Å². The van der Waals surface area contributed by atoms with Crippen molar-refractivity contribution < 1.29 is 9.21 Å². The molecule has 1 amide bonds. The van der Waals surface area contributed by atoms with Crippen LogP contribution in [0.2, 0.25) is 0 Å². The molecule has 1 aliphatic carbocycles. The molecular formula is C17H26N2O2. The normalized spacial score (nSPS) is 22.2. The monoisotopic (exact) mass is 290 g/mol. The Labute approximate surface area is 126 Å². The molecule has 1 saturated heterocycles. The molecule has 1 saturated carbocycles. The van der Waals surface area contributed by atoms with E-state index in [2.05, 4.69) is 5.32 Å². The Morgan fingerprint density at radius 2 is 1.71 bits per heavy atom. The molecule has 0 bridgehead atoms. The summed E-state index contributed by atoms with van der Waals surface area (Å²) in [6.45, 7) is 1.71. The van der Waals surface area contributed by atoms with Crippen LogP contribution in [0.3, 0.4) is 0 Å². The molecule has 2 aliphatic rings. The lowest BCUT2D eigenvalue weighted by molar-refractivity contribution is 0.0700. The van der Waals surface area contributed by atoms with Crippen molar-refractivity contribution in [2.45, 2.75) is 63.5 Å². The lowest BCUT2D eigenvalue weighted by Gasteiger charge is -2.34. The van der Waals surface area contributed by atoms with Crippen LogP contribution >= 0.6 is 0 Å². The Balaban J connectivity index is 1.45. The van der Waals surface area contributed by atoms with E-state index in [1.54, 1.807) is 12.3 Å². The molecule has 1 aromatic rings. The minimum atomic E-state index is 0.108. The van der Waals surface area contributed by atoms with Gasteiger partial charge in [0.15, 0.2) is 0 Å². The topological polar surface area (TPSA) is 45.5 Å². The molecule has 21 heavy (non-hydrogen) atoms. The molecule has 1 N–H and O–H groups in total. The fourth-order valence-corrected chi connectivity index (χ4v) is 3.60. The summed E-state index contributed by atoms with van der Waals surface area (Å²) in [7, 11) is 0. The van der Waals surface area contributed by atoms with E-state index in [0.29, 0.717) is 17.6 Å². The van der Waals surface area contributed by atoms with Gasteiger partial charge < -0.3 is 14.6 Å². The van der Waals surface area contributed by atoms with Crippen LogP contribution in [-0.4, -0.2) is 36.0 Å². The largest absolute Gasteiger partial charge is 0.472 e. The summed E-state index contributed by atoms with van der Waals surface area (Å²) in [5.74, 6) is 0.108. The van der Waals surface area contributed by atoms with E-state index in [1.165, 1.54) is 44.8 Å². The van der Waals surface area contributed by atoms with Crippen LogP contribution in [0.5, 0.6) is 0 Å². The third kappa shape index (κ3) is 3.88. The molecule has 2 heterocycles. The number of carbonyl (C=O) groups is 1. The third-order valence-corrected chi connectivity index (χ3v) is 4.88. The Morgan fingerprint density at radius 3 is 2.33 bits per heavy atom. The van der Waals surface area contributed by atoms with E-state index in [1.807, 2.05) is 4.90 Å². The number of piperidine rings is 1. The second-order valence-corrected chi connectivity index (χ2v) is 6.43. The molecule has 4 nitrogen and oxygen atoms in total. The van der Waals surface area contributed by atoms with Gasteiger partial charge in [-0.1, -0.05) is 25.7 Å². The van der Waals surface area contributed by atoms with Crippen LogP contribution < -0.4 is 5.32 Å². The van der Waals surface area contributed by atoms with Crippen LogP contribution in [0.1, 0.15) is 61.7 Å². The van der Waals surface area contributed by atoms with Crippen LogP contribution in [0.15, 0.2) is 23.0 Å². The van der Waals surface area contributed by atoms with Crippen LogP contribution in [0.25, 0.3) is 0 Å². The molecular weight excluding hydrogens is 264 g/mol. The predicted molar refractivity (Wildman–Crippen MR) is 82.3 cm³/mol. The van der Waals surface area contributed by atoms with Crippen molar-refractivity contribution in [2.24, 2.45) is 0 Å². The quantitative estimate of drug-likeness (QED) is 0.870. The van der Waals surface area contributed by atoms with Gasteiger partial charge >= 0.3 is 0 Å². The van der Waals surface area contributed by atoms with Gasteiger partial charge in [0.2, 0.25) is 0 Å². The van der Waals surface area contributed by atoms with Crippen molar-refractivity contribution in [2.75, 3.05) is 13.1 Å². The van der Waals surface area contributed by atoms with Gasteiger partial charge in [-0.05, 0) is 31.7 Å². The van der Waals surface area contributed by atoms with Gasteiger partial charge in [0.25, 0.3) is 5.91 Å². The number of hydrogen-bond donors (Lipinski definition) is 1. The Morgan fingerprint density at radius 1 is 1.05 bits per heavy atom. The summed E-state index contributed by atoms with van der Waals surface area (Å²) in [5, 5.41) is 3.84. The molecule has 0 radical (unpaired) electrons. The zero-order valence-electron chi connectivity index (χ0n) is 12.7. The number of nitrogens with one attached hydrogen (secondary N) is 1. The van der Waals surface area contributed by atoms with Gasteiger partial charge in [0, 0.05) is 25.2 Å². The fraction of sp³-hybridized carbons (Fsp3) is 0.706. The highest BCUT2D eigenvalue weighted by atomic mass is 16.3. The van der Waals surface area contributed by atoms with Crippen molar-refractivity contribution in [1.29, 1.82) is 0 Å². The Hall–Kier alpha value is -1.29. The number of likely N-dealkylation sites (tertiary alicyclic amines) is 1. The Bertz CT molecular complexity index is 428. The lowest BCUT2D eigenvalue weighted by atomic mass is 10.0. The van der Waals surface area contributed by atoms with E-state index in [-0.39, 0.29) is 5.91 Å². The summed E-state index contributed by atoms with van der Waals surface area (Å²) >= 11 is 0. The lowest BCUT2D eigenvalue weighted by Crippen LogP contribution is -2.47. The van der Waals surface area contributed by atoms with Gasteiger partial charge in [-0.2, -0.15) is 0 Å². The van der Waals surface area contributed by atoms with Crippen molar-refractivity contribution in [3.05, 3.63) is 24.2 Å². The minimum Gasteiger partial charge on any atom is -0.472 e. The van der Waals surface area contributed by atoms with Gasteiger partial charge in [-0.3, -0.25) is 4.79 Å². The highest BCUT2D eigenvalue weighted by molar-refractivity contribution is 5.93. The fourth-order valence-electron chi connectivity index (χ4n) is 3.60. The first-order valence-corrected chi connectivity index (χ1v) is 8.40. The summed E-state index contributed by atoms with van der Waals surface area (Å²) in [6.07, 6.45) is 13.4. The molecule has 1 aromatic heterocycles. The first-order chi connectivity index (χ1) is 10.3. The maximum Gasteiger partial charge on any atom is 0.257 e.